The van der Waals surface area contributed by atoms with E-state index in [0.29, 0.717) is 0 Å². The fourth-order valence-corrected chi connectivity index (χ4v) is 0.747. The standard InChI is InChI=1S/C5H5ClN2O2/c6-5-7-1-2-8(5)3-4(9)10/h1-2H,3H2,(H,9,10). The van der Waals surface area contributed by atoms with Crippen LogP contribution < -0.4 is 0 Å². The highest BCUT2D eigenvalue weighted by Gasteiger charge is 2.01. The number of aromatic nitrogens is 2. The van der Waals surface area contributed by atoms with E-state index in [0.717, 1.165) is 0 Å². The summed E-state index contributed by atoms with van der Waals surface area (Å²) >= 11 is 5.47. The molecule has 1 rings (SSSR count). The van der Waals surface area contributed by atoms with Crippen LogP contribution >= 0.6 is 11.6 Å². The highest BCUT2D eigenvalue weighted by atomic mass is 35.5. The summed E-state index contributed by atoms with van der Waals surface area (Å²) in [6, 6.07) is 0. The molecular weight excluding hydrogens is 156 g/mol. The molecule has 54 valence electrons. The Bertz CT molecular complexity index is 246. The molecule has 0 aliphatic rings. The number of rotatable bonds is 2. The Labute approximate surface area is 62.1 Å². The number of carboxylic acid groups (broad SMARTS) is 1. The zero-order valence-corrected chi connectivity index (χ0v) is 5.75. The van der Waals surface area contributed by atoms with Crippen molar-refractivity contribution in [1.82, 2.24) is 9.55 Å². The molecule has 0 saturated carbocycles. The van der Waals surface area contributed by atoms with Gasteiger partial charge in [0.25, 0.3) is 0 Å². The molecule has 0 spiro atoms. The summed E-state index contributed by atoms with van der Waals surface area (Å²) < 4.78 is 1.34. The maximum atomic E-state index is 10.1. The molecule has 0 saturated heterocycles. The molecule has 0 aromatic carbocycles. The maximum absolute atomic E-state index is 10.1. The summed E-state index contributed by atoms with van der Waals surface area (Å²) in [7, 11) is 0. The van der Waals surface area contributed by atoms with E-state index in [-0.39, 0.29) is 11.8 Å². The Hall–Kier alpha value is -1.03. The van der Waals surface area contributed by atoms with Crippen LogP contribution in [0.3, 0.4) is 0 Å². The van der Waals surface area contributed by atoms with Crippen molar-refractivity contribution in [1.29, 1.82) is 0 Å². The second-order valence-corrected chi connectivity index (χ2v) is 2.06. The fraction of sp³-hybridized carbons (Fsp3) is 0.200. The maximum Gasteiger partial charge on any atom is 0.323 e. The first-order chi connectivity index (χ1) is 4.70. The fourth-order valence-electron chi connectivity index (χ4n) is 0.575. The first-order valence-corrected chi connectivity index (χ1v) is 2.96. The Morgan fingerprint density at radius 1 is 1.90 bits per heavy atom. The number of hydrogen-bond donors (Lipinski definition) is 1. The molecule has 0 bridgehead atoms. The molecule has 1 N–H and O–H groups in total. The first kappa shape index (κ1) is 7.08. The van der Waals surface area contributed by atoms with Gasteiger partial charge in [0, 0.05) is 12.4 Å². The van der Waals surface area contributed by atoms with E-state index in [1.165, 1.54) is 17.0 Å². The van der Waals surface area contributed by atoms with Crippen LogP contribution in [-0.4, -0.2) is 20.6 Å². The van der Waals surface area contributed by atoms with E-state index in [1.54, 1.807) is 0 Å². The van der Waals surface area contributed by atoms with Crippen LogP contribution in [0.5, 0.6) is 0 Å². The number of hydrogen-bond acceptors (Lipinski definition) is 2. The van der Waals surface area contributed by atoms with Crippen molar-refractivity contribution in [2.75, 3.05) is 0 Å². The average molecular weight is 161 g/mol. The molecule has 1 aromatic rings. The lowest BCUT2D eigenvalue weighted by molar-refractivity contribution is -0.137. The summed E-state index contributed by atoms with van der Waals surface area (Å²) in [6.07, 6.45) is 2.96. The third kappa shape index (κ3) is 1.48. The van der Waals surface area contributed by atoms with E-state index in [1.807, 2.05) is 0 Å². The van der Waals surface area contributed by atoms with Gasteiger partial charge in [0.15, 0.2) is 0 Å². The van der Waals surface area contributed by atoms with Gasteiger partial charge in [0.2, 0.25) is 5.28 Å². The van der Waals surface area contributed by atoms with E-state index in [4.69, 9.17) is 16.7 Å². The summed E-state index contributed by atoms with van der Waals surface area (Å²) in [6.45, 7) is -0.140. The lowest BCUT2D eigenvalue weighted by Gasteiger charge is -1.95. The zero-order chi connectivity index (χ0) is 7.56. The van der Waals surface area contributed by atoms with Crippen molar-refractivity contribution < 1.29 is 9.90 Å². The number of imidazole rings is 1. The molecule has 0 unspecified atom stereocenters. The Morgan fingerprint density at radius 2 is 2.60 bits per heavy atom. The highest BCUT2D eigenvalue weighted by molar-refractivity contribution is 6.28. The number of carbonyl (C=O) groups is 1. The van der Waals surface area contributed by atoms with Gasteiger partial charge in [-0.3, -0.25) is 4.79 Å². The predicted molar refractivity (Wildman–Crippen MR) is 34.9 cm³/mol. The lowest BCUT2D eigenvalue weighted by Crippen LogP contribution is -2.07. The van der Waals surface area contributed by atoms with E-state index in [9.17, 15) is 4.79 Å². The zero-order valence-electron chi connectivity index (χ0n) is 4.99. The Morgan fingerprint density at radius 3 is 3.00 bits per heavy atom. The van der Waals surface area contributed by atoms with Crippen LogP contribution in [0.15, 0.2) is 12.4 Å². The molecule has 10 heavy (non-hydrogen) atoms. The normalized spacial score (nSPS) is 9.70. The van der Waals surface area contributed by atoms with Crippen molar-refractivity contribution in [3.05, 3.63) is 17.7 Å². The van der Waals surface area contributed by atoms with Crippen LogP contribution in [0, 0.1) is 0 Å². The summed E-state index contributed by atoms with van der Waals surface area (Å²) in [5.41, 5.74) is 0. The van der Waals surface area contributed by atoms with Crippen LogP contribution in [0.1, 0.15) is 0 Å². The smallest absolute Gasteiger partial charge is 0.323 e. The van der Waals surface area contributed by atoms with Crippen molar-refractivity contribution in [2.24, 2.45) is 0 Å². The second kappa shape index (κ2) is 2.70. The van der Waals surface area contributed by atoms with Gasteiger partial charge in [0.05, 0.1) is 0 Å². The number of aliphatic carboxylic acids is 1. The van der Waals surface area contributed by atoms with Gasteiger partial charge >= 0.3 is 5.97 Å². The molecule has 0 aliphatic carbocycles. The molecule has 0 fully saturated rings. The third-order valence-electron chi connectivity index (χ3n) is 0.970. The minimum Gasteiger partial charge on any atom is -0.480 e. The second-order valence-electron chi connectivity index (χ2n) is 1.72. The largest absolute Gasteiger partial charge is 0.480 e. The van der Waals surface area contributed by atoms with Gasteiger partial charge in [0.1, 0.15) is 6.54 Å². The minimum absolute atomic E-state index is 0.140. The van der Waals surface area contributed by atoms with Crippen LogP contribution in [-0.2, 0) is 11.3 Å². The van der Waals surface area contributed by atoms with Gasteiger partial charge in [-0.2, -0.15) is 0 Å². The third-order valence-corrected chi connectivity index (χ3v) is 1.28. The molecule has 0 atom stereocenters. The monoisotopic (exact) mass is 160 g/mol. The van der Waals surface area contributed by atoms with Gasteiger partial charge in [-0.15, -0.1) is 0 Å². The SMILES string of the molecule is O=C(O)Cn1ccnc1Cl. The van der Waals surface area contributed by atoms with Gasteiger partial charge in [-0.05, 0) is 11.6 Å². The molecule has 4 nitrogen and oxygen atoms in total. The van der Waals surface area contributed by atoms with E-state index in [2.05, 4.69) is 4.98 Å². The van der Waals surface area contributed by atoms with E-state index < -0.39 is 5.97 Å². The summed E-state index contributed by atoms with van der Waals surface area (Å²) in [5, 5.41) is 8.50. The average Bonchev–Trinajstić information content (AvgIpc) is 2.15. The van der Waals surface area contributed by atoms with Gasteiger partial charge < -0.3 is 9.67 Å². The van der Waals surface area contributed by atoms with Crippen LogP contribution in [0.25, 0.3) is 0 Å². The minimum atomic E-state index is -0.931. The number of carboxylic acids is 1. The summed E-state index contributed by atoms with van der Waals surface area (Å²) in [5.74, 6) is -0.931. The Balaban J connectivity index is 2.74. The number of halogens is 1. The highest BCUT2D eigenvalue weighted by Crippen LogP contribution is 2.03. The molecule has 0 radical (unpaired) electrons. The lowest BCUT2D eigenvalue weighted by atomic mass is 10.6. The van der Waals surface area contributed by atoms with Crippen LogP contribution in [0.4, 0.5) is 0 Å². The van der Waals surface area contributed by atoms with Crippen LogP contribution in [0.2, 0.25) is 5.28 Å². The molecular formula is C5H5ClN2O2. The quantitative estimate of drug-likeness (QED) is 0.690. The van der Waals surface area contributed by atoms with Crippen molar-refractivity contribution in [3.63, 3.8) is 0 Å². The molecule has 0 amide bonds. The van der Waals surface area contributed by atoms with Crippen molar-refractivity contribution in [2.45, 2.75) is 6.54 Å². The van der Waals surface area contributed by atoms with Gasteiger partial charge in [-0.25, -0.2) is 4.98 Å². The van der Waals surface area contributed by atoms with Gasteiger partial charge in [-0.1, -0.05) is 0 Å². The first-order valence-electron chi connectivity index (χ1n) is 2.58. The molecule has 5 heteroatoms. The van der Waals surface area contributed by atoms with Crippen molar-refractivity contribution >= 4 is 17.6 Å². The topological polar surface area (TPSA) is 55.1 Å². The molecule has 1 aromatic heterocycles. The summed E-state index contributed by atoms with van der Waals surface area (Å²) in [4.78, 5) is 13.7. The number of nitrogens with zero attached hydrogens (tertiary/aromatic N) is 2. The molecule has 0 aliphatic heterocycles. The van der Waals surface area contributed by atoms with Crippen molar-refractivity contribution in [3.8, 4) is 0 Å². The Kier molecular flexibility index (Phi) is 1.91. The predicted octanol–water partition coefficient (Wildman–Crippen LogP) is 0.621. The molecule has 1 heterocycles. The van der Waals surface area contributed by atoms with E-state index >= 15 is 0 Å².